The molecule has 2 unspecified atom stereocenters. The molecule has 1 aliphatic carbocycles. The number of aromatic nitrogens is 2. The number of amidine groups is 1. The highest BCUT2D eigenvalue weighted by Crippen LogP contribution is 2.34. The van der Waals surface area contributed by atoms with Crippen LogP contribution in [0.3, 0.4) is 0 Å². The largest absolute Gasteiger partial charge is 0.382 e. The molecule has 0 amide bonds. The Labute approximate surface area is 112 Å². The van der Waals surface area contributed by atoms with Gasteiger partial charge in [0, 0.05) is 10.9 Å². The van der Waals surface area contributed by atoms with Gasteiger partial charge in [0.1, 0.15) is 11.5 Å². The summed E-state index contributed by atoms with van der Waals surface area (Å²) in [6.45, 7) is 4.23. The van der Waals surface area contributed by atoms with Crippen molar-refractivity contribution in [2.45, 2.75) is 49.9 Å². The molecule has 0 aliphatic heterocycles. The highest BCUT2D eigenvalue weighted by Gasteiger charge is 2.21. The van der Waals surface area contributed by atoms with Crippen LogP contribution in [-0.4, -0.2) is 21.1 Å². The lowest BCUT2D eigenvalue weighted by Gasteiger charge is -2.25. The van der Waals surface area contributed by atoms with Gasteiger partial charge in [-0.3, -0.25) is 5.41 Å². The normalized spacial score (nSPS) is 23.9. The number of nitrogens with zero attached hydrogens (tertiary/aromatic N) is 2. The zero-order valence-corrected chi connectivity index (χ0v) is 11.8. The summed E-state index contributed by atoms with van der Waals surface area (Å²) in [4.78, 5) is 8.79. The summed E-state index contributed by atoms with van der Waals surface area (Å²) in [5.74, 6) is 0.813. The lowest BCUT2D eigenvalue weighted by atomic mass is 9.91. The van der Waals surface area contributed by atoms with Gasteiger partial charge >= 0.3 is 0 Å². The van der Waals surface area contributed by atoms with Gasteiger partial charge in [0.05, 0.1) is 0 Å². The van der Waals surface area contributed by atoms with Gasteiger partial charge in [-0.2, -0.15) is 0 Å². The molecule has 18 heavy (non-hydrogen) atoms. The monoisotopic (exact) mass is 264 g/mol. The number of thioether (sulfide) groups is 1. The minimum absolute atomic E-state index is 0.0133. The molecule has 2 rings (SSSR count). The third-order valence-electron chi connectivity index (χ3n) is 3.27. The summed E-state index contributed by atoms with van der Waals surface area (Å²) in [7, 11) is 0. The van der Waals surface area contributed by atoms with E-state index >= 15 is 0 Å². The smallest absolute Gasteiger partial charge is 0.188 e. The minimum atomic E-state index is 0.0133. The van der Waals surface area contributed by atoms with Crippen molar-refractivity contribution in [1.29, 1.82) is 5.41 Å². The maximum Gasteiger partial charge on any atom is 0.188 e. The van der Waals surface area contributed by atoms with Crippen molar-refractivity contribution in [2.24, 2.45) is 11.7 Å². The molecule has 0 radical (unpaired) electrons. The Morgan fingerprint density at radius 3 is 2.89 bits per heavy atom. The fourth-order valence-corrected chi connectivity index (χ4v) is 3.72. The van der Waals surface area contributed by atoms with Crippen LogP contribution in [0.25, 0.3) is 0 Å². The zero-order valence-electron chi connectivity index (χ0n) is 10.9. The Bertz CT molecular complexity index is 447. The van der Waals surface area contributed by atoms with Crippen molar-refractivity contribution >= 4 is 17.6 Å². The van der Waals surface area contributed by atoms with Crippen LogP contribution in [0.15, 0.2) is 11.2 Å². The quantitative estimate of drug-likeness (QED) is 0.500. The molecule has 2 atom stereocenters. The highest BCUT2D eigenvalue weighted by molar-refractivity contribution is 7.99. The van der Waals surface area contributed by atoms with E-state index in [0.717, 1.165) is 16.8 Å². The first kappa shape index (κ1) is 13.3. The first-order valence-corrected chi connectivity index (χ1v) is 7.29. The molecule has 0 bridgehead atoms. The molecule has 0 saturated heterocycles. The van der Waals surface area contributed by atoms with Gasteiger partial charge in [0.2, 0.25) is 0 Å². The third kappa shape index (κ3) is 3.45. The van der Waals surface area contributed by atoms with E-state index < -0.39 is 0 Å². The minimum Gasteiger partial charge on any atom is -0.382 e. The fraction of sp³-hybridized carbons (Fsp3) is 0.615. The Morgan fingerprint density at radius 2 is 2.22 bits per heavy atom. The van der Waals surface area contributed by atoms with E-state index in [1.54, 1.807) is 17.8 Å². The Hall–Kier alpha value is -1.10. The molecule has 1 heterocycles. The van der Waals surface area contributed by atoms with E-state index in [1.165, 1.54) is 25.7 Å². The van der Waals surface area contributed by atoms with Crippen molar-refractivity contribution < 1.29 is 0 Å². The van der Waals surface area contributed by atoms with Gasteiger partial charge in [-0.1, -0.05) is 31.5 Å². The van der Waals surface area contributed by atoms with Crippen molar-refractivity contribution in [3.8, 4) is 0 Å². The van der Waals surface area contributed by atoms with E-state index in [0.29, 0.717) is 10.9 Å². The zero-order chi connectivity index (χ0) is 13.1. The van der Waals surface area contributed by atoms with Crippen LogP contribution in [0.1, 0.15) is 44.0 Å². The number of hydrogen-bond donors (Lipinski definition) is 2. The second-order valence-corrected chi connectivity index (χ2v) is 6.37. The molecular formula is C13H20N4S. The van der Waals surface area contributed by atoms with E-state index in [4.69, 9.17) is 11.1 Å². The van der Waals surface area contributed by atoms with E-state index in [1.807, 2.05) is 6.92 Å². The van der Waals surface area contributed by atoms with E-state index in [9.17, 15) is 0 Å². The van der Waals surface area contributed by atoms with Crippen LogP contribution in [-0.2, 0) is 0 Å². The molecule has 98 valence electrons. The molecule has 1 aromatic heterocycles. The van der Waals surface area contributed by atoms with Crippen molar-refractivity contribution in [3.63, 3.8) is 0 Å². The highest BCUT2D eigenvalue weighted by atomic mass is 32.2. The van der Waals surface area contributed by atoms with Gasteiger partial charge in [-0.25, -0.2) is 9.97 Å². The van der Waals surface area contributed by atoms with Gasteiger partial charge in [-0.15, -0.1) is 0 Å². The predicted molar refractivity (Wildman–Crippen MR) is 75.1 cm³/mol. The average molecular weight is 264 g/mol. The SMILES string of the molecule is Cc1cc(C(=N)N)nc(SC2CCCC(C)C2)n1. The maximum absolute atomic E-state index is 7.46. The van der Waals surface area contributed by atoms with Crippen LogP contribution in [0.2, 0.25) is 0 Å². The summed E-state index contributed by atoms with van der Waals surface area (Å²) in [6, 6.07) is 1.76. The summed E-state index contributed by atoms with van der Waals surface area (Å²) in [6.07, 6.45) is 5.10. The molecule has 1 fully saturated rings. The average Bonchev–Trinajstić information content (AvgIpc) is 2.28. The first-order valence-electron chi connectivity index (χ1n) is 6.41. The Morgan fingerprint density at radius 1 is 1.44 bits per heavy atom. The second kappa shape index (κ2) is 5.69. The number of aryl methyl sites for hydroxylation is 1. The van der Waals surface area contributed by atoms with Gasteiger partial charge in [0.15, 0.2) is 5.16 Å². The number of rotatable bonds is 3. The van der Waals surface area contributed by atoms with Gasteiger partial charge < -0.3 is 5.73 Å². The lowest BCUT2D eigenvalue weighted by Crippen LogP contribution is -2.17. The molecule has 0 aromatic carbocycles. The van der Waals surface area contributed by atoms with Crippen LogP contribution in [0.5, 0.6) is 0 Å². The summed E-state index contributed by atoms with van der Waals surface area (Å²) in [5, 5.41) is 8.83. The second-order valence-electron chi connectivity index (χ2n) is 5.10. The molecule has 0 spiro atoms. The standard InChI is InChI=1S/C13H20N4S/c1-8-4-3-5-10(6-8)18-13-16-9(2)7-11(17-13)12(14)15/h7-8,10H,3-6H2,1-2H3,(H3,14,15). The maximum atomic E-state index is 7.46. The van der Waals surface area contributed by atoms with E-state index in [-0.39, 0.29) is 5.84 Å². The van der Waals surface area contributed by atoms with Gasteiger partial charge in [-0.05, 0) is 31.7 Å². The van der Waals surface area contributed by atoms with Crippen molar-refractivity contribution in [2.75, 3.05) is 0 Å². The molecule has 1 aromatic rings. The van der Waals surface area contributed by atoms with Crippen LogP contribution >= 0.6 is 11.8 Å². The number of hydrogen-bond acceptors (Lipinski definition) is 4. The molecular weight excluding hydrogens is 244 g/mol. The Kier molecular flexibility index (Phi) is 4.22. The molecule has 3 N–H and O–H groups in total. The molecule has 4 nitrogen and oxygen atoms in total. The summed E-state index contributed by atoms with van der Waals surface area (Å²) < 4.78 is 0. The number of nitrogens with two attached hydrogens (primary N) is 1. The van der Waals surface area contributed by atoms with Crippen LogP contribution in [0, 0.1) is 18.3 Å². The van der Waals surface area contributed by atoms with Crippen molar-refractivity contribution in [3.05, 3.63) is 17.5 Å². The third-order valence-corrected chi connectivity index (χ3v) is 4.42. The van der Waals surface area contributed by atoms with Crippen LogP contribution < -0.4 is 5.73 Å². The molecule has 5 heteroatoms. The summed E-state index contributed by atoms with van der Waals surface area (Å²) in [5.41, 5.74) is 6.90. The lowest BCUT2D eigenvalue weighted by molar-refractivity contribution is 0.394. The first-order chi connectivity index (χ1) is 8.54. The molecule has 1 aliphatic rings. The predicted octanol–water partition coefficient (Wildman–Crippen LogP) is 2.74. The fourth-order valence-electron chi connectivity index (χ4n) is 2.37. The van der Waals surface area contributed by atoms with Crippen LogP contribution in [0.4, 0.5) is 0 Å². The topological polar surface area (TPSA) is 75.7 Å². The summed E-state index contributed by atoms with van der Waals surface area (Å²) >= 11 is 1.74. The van der Waals surface area contributed by atoms with Crippen molar-refractivity contribution in [1.82, 2.24) is 9.97 Å². The number of nitrogen functional groups attached to an aromatic ring is 1. The molecule has 1 saturated carbocycles. The number of nitrogens with one attached hydrogen (secondary N) is 1. The van der Waals surface area contributed by atoms with Gasteiger partial charge in [0.25, 0.3) is 0 Å². The Balaban J connectivity index is 2.10. The van der Waals surface area contributed by atoms with E-state index in [2.05, 4.69) is 16.9 Å².